The van der Waals surface area contributed by atoms with Gasteiger partial charge in [-0.1, -0.05) is 47.5 Å². The molecule has 0 aromatic heterocycles. The molecule has 0 radical (unpaired) electrons. The zero-order chi connectivity index (χ0) is 14.1. The summed E-state index contributed by atoms with van der Waals surface area (Å²) in [7, 11) is 0. The van der Waals surface area contributed by atoms with E-state index in [-0.39, 0.29) is 0 Å². The first-order chi connectivity index (χ1) is 8.76. The number of hydrogen-bond acceptors (Lipinski definition) is 1. The minimum atomic E-state index is 0.514. The summed E-state index contributed by atoms with van der Waals surface area (Å²) in [5.74, 6) is 1.92. The van der Waals surface area contributed by atoms with E-state index in [4.69, 9.17) is 0 Å². The second-order valence-electron chi connectivity index (χ2n) is 9.14. The van der Waals surface area contributed by atoms with Gasteiger partial charge in [-0.3, -0.25) is 0 Å². The van der Waals surface area contributed by atoms with E-state index in [9.17, 15) is 0 Å². The SMILES string of the molecule is CC1CCC(CNC2CC(C)(C)CC(C)(C)C2)CC1. The minimum Gasteiger partial charge on any atom is -0.314 e. The molecule has 0 aliphatic heterocycles. The zero-order valence-corrected chi connectivity index (χ0v) is 13.9. The molecule has 2 fully saturated rings. The summed E-state index contributed by atoms with van der Waals surface area (Å²) >= 11 is 0. The van der Waals surface area contributed by atoms with Gasteiger partial charge in [0.05, 0.1) is 0 Å². The molecule has 0 unspecified atom stereocenters. The van der Waals surface area contributed by atoms with Crippen molar-refractivity contribution in [2.75, 3.05) is 6.54 Å². The van der Waals surface area contributed by atoms with Crippen molar-refractivity contribution in [1.82, 2.24) is 5.32 Å². The quantitative estimate of drug-likeness (QED) is 0.756. The summed E-state index contributed by atoms with van der Waals surface area (Å²) in [5, 5.41) is 3.92. The van der Waals surface area contributed by atoms with Crippen molar-refractivity contribution in [3.8, 4) is 0 Å². The topological polar surface area (TPSA) is 12.0 Å². The van der Waals surface area contributed by atoms with Gasteiger partial charge in [0.15, 0.2) is 0 Å². The van der Waals surface area contributed by atoms with Gasteiger partial charge in [-0.25, -0.2) is 0 Å². The predicted octanol–water partition coefficient (Wildman–Crippen LogP) is 5.01. The summed E-state index contributed by atoms with van der Waals surface area (Å²) < 4.78 is 0. The summed E-state index contributed by atoms with van der Waals surface area (Å²) in [6.45, 7) is 13.5. The van der Waals surface area contributed by atoms with E-state index in [1.54, 1.807) is 0 Å². The molecule has 1 nitrogen and oxygen atoms in total. The lowest BCUT2D eigenvalue weighted by atomic mass is 9.63. The van der Waals surface area contributed by atoms with Crippen molar-refractivity contribution in [3.63, 3.8) is 0 Å². The van der Waals surface area contributed by atoms with Crippen molar-refractivity contribution < 1.29 is 0 Å². The lowest BCUT2D eigenvalue weighted by Gasteiger charge is -2.45. The Labute approximate surface area is 120 Å². The standard InChI is InChI=1S/C18H35N/c1-14-6-8-15(9-7-14)12-19-16-10-17(2,3)13-18(4,5)11-16/h14-16,19H,6-13H2,1-5H3. The maximum Gasteiger partial charge on any atom is 0.00773 e. The average molecular weight is 265 g/mol. The molecule has 2 saturated carbocycles. The molecule has 1 heteroatoms. The molecule has 0 heterocycles. The van der Waals surface area contributed by atoms with E-state index < -0.39 is 0 Å². The molecular formula is C18H35N. The third kappa shape index (κ3) is 4.77. The first-order valence-corrected chi connectivity index (χ1v) is 8.49. The van der Waals surface area contributed by atoms with Gasteiger partial charge in [-0.2, -0.15) is 0 Å². The third-order valence-electron chi connectivity index (χ3n) is 5.39. The van der Waals surface area contributed by atoms with Crippen molar-refractivity contribution in [2.24, 2.45) is 22.7 Å². The van der Waals surface area contributed by atoms with E-state index in [1.165, 1.54) is 51.5 Å². The van der Waals surface area contributed by atoms with Gasteiger partial charge in [0.1, 0.15) is 0 Å². The smallest absolute Gasteiger partial charge is 0.00773 e. The first-order valence-electron chi connectivity index (χ1n) is 8.49. The van der Waals surface area contributed by atoms with E-state index in [0.29, 0.717) is 10.8 Å². The molecule has 0 saturated heterocycles. The van der Waals surface area contributed by atoms with E-state index in [1.807, 2.05) is 0 Å². The van der Waals surface area contributed by atoms with Crippen LogP contribution in [0.25, 0.3) is 0 Å². The number of rotatable bonds is 3. The molecule has 19 heavy (non-hydrogen) atoms. The first kappa shape index (κ1) is 15.4. The van der Waals surface area contributed by atoms with Crippen LogP contribution in [0.4, 0.5) is 0 Å². The summed E-state index contributed by atoms with van der Waals surface area (Å²) in [5.41, 5.74) is 1.03. The third-order valence-corrected chi connectivity index (χ3v) is 5.39. The molecule has 2 rings (SSSR count). The van der Waals surface area contributed by atoms with Crippen molar-refractivity contribution in [1.29, 1.82) is 0 Å². The molecule has 2 aliphatic rings. The average Bonchev–Trinajstić information content (AvgIpc) is 2.24. The fourth-order valence-corrected chi connectivity index (χ4v) is 4.86. The summed E-state index contributed by atoms with van der Waals surface area (Å²) in [6, 6.07) is 0.748. The lowest BCUT2D eigenvalue weighted by Crippen LogP contribution is -2.45. The predicted molar refractivity (Wildman–Crippen MR) is 84.3 cm³/mol. The van der Waals surface area contributed by atoms with Crippen molar-refractivity contribution >= 4 is 0 Å². The Bertz CT molecular complexity index is 268. The van der Waals surface area contributed by atoms with Crippen LogP contribution in [-0.2, 0) is 0 Å². The maximum atomic E-state index is 3.92. The largest absolute Gasteiger partial charge is 0.314 e. The van der Waals surface area contributed by atoms with Crippen LogP contribution < -0.4 is 5.32 Å². The lowest BCUT2D eigenvalue weighted by molar-refractivity contribution is 0.0820. The monoisotopic (exact) mass is 265 g/mol. The Balaban J connectivity index is 1.79. The molecule has 0 atom stereocenters. The molecule has 1 N–H and O–H groups in total. The minimum absolute atomic E-state index is 0.514. The Kier molecular flexibility index (Phi) is 4.65. The van der Waals surface area contributed by atoms with Crippen molar-refractivity contribution in [3.05, 3.63) is 0 Å². The van der Waals surface area contributed by atoms with E-state index >= 15 is 0 Å². The second kappa shape index (κ2) is 5.76. The Morgan fingerprint density at radius 1 is 0.895 bits per heavy atom. The molecular weight excluding hydrogens is 230 g/mol. The van der Waals surface area contributed by atoms with Gasteiger partial charge in [-0.15, -0.1) is 0 Å². The highest BCUT2D eigenvalue weighted by molar-refractivity contribution is 4.92. The highest BCUT2D eigenvalue weighted by Crippen LogP contribution is 2.45. The second-order valence-corrected chi connectivity index (χ2v) is 9.14. The molecule has 0 aromatic rings. The van der Waals surface area contributed by atoms with Crippen LogP contribution in [0, 0.1) is 22.7 Å². The fourth-order valence-electron chi connectivity index (χ4n) is 4.86. The number of hydrogen-bond donors (Lipinski definition) is 1. The van der Waals surface area contributed by atoms with Crippen LogP contribution in [0.1, 0.15) is 79.6 Å². The molecule has 0 amide bonds. The molecule has 2 aliphatic carbocycles. The van der Waals surface area contributed by atoms with Crippen molar-refractivity contribution in [2.45, 2.75) is 85.6 Å². The van der Waals surface area contributed by atoms with Crippen LogP contribution in [0.15, 0.2) is 0 Å². The van der Waals surface area contributed by atoms with E-state index in [0.717, 1.165) is 17.9 Å². The normalized spacial score (nSPS) is 35.2. The van der Waals surface area contributed by atoms with Gasteiger partial charge >= 0.3 is 0 Å². The van der Waals surface area contributed by atoms with Crippen LogP contribution in [-0.4, -0.2) is 12.6 Å². The maximum absolute atomic E-state index is 3.92. The van der Waals surface area contributed by atoms with Gasteiger partial charge in [0.2, 0.25) is 0 Å². The van der Waals surface area contributed by atoms with E-state index in [2.05, 4.69) is 39.9 Å². The van der Waals surface area contributed by atoms with Gasteiger partial charge < -0.3 is 5.32 Å². The zero-order valence-electron chi connectivity index (χ0n) is 13.9. The Morgan fingerprint density at radius 3 is 1.95 bits per heavy atom. The summed E-state index contributed by atoms with van der Waals surface area (Å²) in [6.07, 6.45) is 9.90. The van der Waals surface area contributed by atoms with Gasteiger partial charge in [0, 0.05) is 6.04 Å². The van der Waals surface area contributed by atoms with Gasteiger partial charge in [-0.05, 0) is 61.3 Å². The Morgan fingerprint density at radius 2 is 1.42 bits per heavy atom. The molecule has 0 aromatic carbocycles. The fraction of sp³-hybridized carbons (Fsp3) is 1.00. The summed E-state index contributed by atoms with van der Waals surface area (Å²) in [4.78, 5) is 0. The Hall–Kier alpha value is -0.0400. The van der Waals surface area contributed by atoms with Crippen LogP contribution >= 0.6 is 0 Å². The van der Waals surface area contributed by atoms with Crippen LogP contribution in [0.3, 0.4) is 0 Å². The molecule has 0 spiro atoms. The highest BCUT2D eigenvalue weighted by atomic mass is 14.9. The molecule has 112 valence electrons. The van der Waals surface area contributed by atoms with Crippen LogP contribution in [0.5, 0.6) is 0 Å². The number of nitrogens with one attached hydrogen (secondary N) is 1. The molecule has 0 bridgehead atoms. The van der Waals surface area contributed by atoms with Gasteiger partial charge in [0.25, 0.3) is 0 Å². The highest BCUT2D eigenvalue weighted by Gasteiger charge is 2.38. The van der Waals surface area contributed by atoms with Crippen LogP contribution in [0.2, 0.25) is 0 Å².